The van der Waals surface area contributed by atoms with Crippen LogP contribution in [0.1, 0.15) is 35.9 Å². The zero-order chi connectivity index (χ0) is 14.0. The lowest BCUT2D eigenvalue weighted by atomic mass is 10.3. The summed E-state index contributed by atoms with van der Waals surface area (Å²) in [5.74, 6) is 0.412. The van der Waals surface area contributed by atoms with E-state index in [1.807, 2.05) is 43.7 Å². The summed E-state index contributed by atoms with van der Waals surface area (Å²) < 4.78 is 2.86. The van der Waals surface area contributed by atoms with E-state index in [0.717, 1.165) is 10.0 Å². The zero-order valence-corrected chi connectivity index (χ0v) is 12.7. The van der Waals surface area contributed by atoms with Crippen molar-refractivity contribution in [3.05, 3.63) is 46.3 Å². The maximum atomic E-state index is 12.2. The first-order valence-corrected chi connectivity index (χ1v) is 6.88. The predicted octanol–water partition coefficient (Wildman–Crippen LogP) is 3.79. The van der Waals surface area contributed by atoms with Gasteiger partial charge in [-0.1, -0.05) is 0 Å². The third kappa shape index (κ3) is 3.04. The van der Waals surface area contributed by atoms with Gasteiger partial charge >= 0.3 is 0 Å². The molecular weight excluding hydrogens is 306 g/mol. The van der Waals surface area contributed by atoms with Crippen LogP contribution in [0, 0.1) is 6.92 Å². The predicted molar refractivity (Wildman–Crippen MR) is 79.4 cm³/mol. The standard InChI is InChI=1S/C14H16BrN3O/c1-9(2)18-6-4-5-12(18)14(19)17-13-7-10(3)11(15)8-16-13/h4-9H,1-3H3,(H,16,17,19). The van der Waals surface area contributed by atoms with Crippen molar-refractivity contribution >= 4 is 27.7 Å². The molecule has 2 aromatic heterocycles. The summed E-state index contributed by atoms with van der Waals surface area (Å²) in [5, 5.41) is 2.82. The minimum absolute atomic E-state index is 0.145. The highest BCUT2D eigenvalue weighted by Gasteiger charge is 2.13. The molecule has 0 aliphatic carbocycles. The van der Waals surface area contributed by atoms with E-state index < -0.39 is 0 Å². The van der Waals surface area contributed by atoms with Crippen molar-refractivity contribution in [1.29, 1.82) is 0 Å². The number of anilines is 1. The highest BCUT2D eigenvalue weighted by atomic mass is 79.9. The van der Waals surface area contributed by atoms with Crippen LogP contribution in [0.5, 0.6) is 0 Å². The van der Waals surface area contributed by atoms with Gasteiger partial charge < -0.3 is 9.88 Å². The number of nitrogens with one attached hydrogen (secondary N) is 1. The Labute approximate surface area is 121 Å². The summed E-state index contributed by atoms with van der Waals surface area (Å²) in [4.78, 5) is 16.4. The average Bonchev–Trinajstić information content (AvgIpc) is 2.83. The molecule has 1 N–H and O–H groups in total. The lowest BCUT2D eigenvalue weighted by molar-refractivity contribution is 0.101. The van der Waals surface area contributed by atoms with Crippen LogP contribution in [0.3, 0.4) is 0 Å². The SMILES string of the molecule is Cc1cc(NC(=O)c2cccn2C(C)C)ncc1Br. The Bertz CT molecular complexity index is 604. The number of carbonyl (C=O) groups excluding carboxylic acids is 1. The molecule has 0 aliphatic rings. The lowest BCUT2D eigenvalue weighted by Gasteiger charge is -2.12. The molecule has 19 heavy (non-hydrogen) atoms. The summed E-state index contributed by atoms with van der Waals surface area (Å²) in [6.45, 7) is 6.04. The monoisotopic (exact) mass is 321 g/mol. The van der Waals surface area contributed by atoms with Gasteiger partial charge in [-0.15, -0.1) is 0 Å². The number of nitrogens with zero attached hydrogens (tertiary/aromatic N) is 2. The van der Waals surface area contributed by atoms with E-state index in [9.17, 15) is 4.79 Å². The van der Waals surface area contributed by atoms with E-state index >= 15 is 0 Å². The number of amides is 1. The molecule has 2 aromatic rings. The molecule has 100 valence electrons. The minimum atomic E-state index is -0.145. The molecule has 0 bridgehead atoms. The molecule has 0 atom stereocenters. The Balaban J connectivity index is 2.21. The van der Waals surface area contributed by atoms with Crippen molar-refractivity contribution in [2.24, 2.45) is 0 Å². The van der Waals surface area contributed by atoms with E-state index in [1.165, 1.54) is 0 Å². The van der Waals surface area contributed by atoms with E-state index in [4.69, 9.17) is 0 Å². The number of aryl methyl sites for hydroxylation is 1. The van der Waals surface area contributed by atoms with E-state index in [-0.39, 0.29) is 11.9 Å². The average molecular weight is 322 g/mol. The van der Waals surface area contributed by atoms with E-state index in [2.05, 4.69) is 26.2 Å². The maximum Gasteiger partial charge on any atom is 0.273 e. The number of carbonyl (C=O) groups is 1. The molecule has 0 saturated carbocycles. The third-order valence-corrected chi connectivity index (χ3v) is 3.69. The van der Waals surface area contributed by atoms with Gasteiger partial charge in [-0.25, -0.2) is 4.98 Å². The van der Waals surface area contributed by atoms with Crippen molar-refractivity contribution in [3.63, 3.8) is 0 Å². The first kappa shape index (κ1) is 13.8. The highest BCUT2D eigenvalue weighted by Crippen LogP contribution is 2.18. The number of rotatable bonds is 3. The number of halogens is 1. The Morgan fingerprint density at radius 2 is 2.21 bits per heavy atom. The van der Waals surface area contributed by atoms with Crippen molar-refractivity contribution in [2.75, 3.05) is 5.32 Å². The second kappa shape index (κ2) is 5.57. The van der Waals surface area contributed by atoms with Gasteiger partial charge in [0.2, 0.25) is 0 Å². The molecule has 0 aliphatic heterocycles. The van der Waals surface area contributed by atoms with Crippen LogP contribution in [0.4, 0.5) is 5.82 Å². The second-order valence-electron chi connectivity index (χ2n) is 4.67. The summed E-state index contributed by atoms with van der Waals surface area (Å²) in [6.07, 6.45) is 3.59. The lowest BCUT2D eigenvalue weighted by Crippen LogP contribution is -2.18. The number of aromatic nitrogens is 2. The van der Waals surface area contributed by atoms with Gasteiger partial charge in [0, 0.05) is 22.9 Å². The van der Waals surface area contributed by atoms with Crippen molar-refractivity contribution in [1.82, 2.24) is 9.55 Å². The fraction of sp³-hybridized carbons (Fsp3) is 0.286. The van der Waals surface area contributed by atoms with Gasteiger partial charge in [-0.2, -0.15) is 0 Å². The molecule has 0 spiro atoms. The number of pyridine rings is 1. The molecule has 0 fully saturated rings. The highest BCUT2D eigenvalue weighted by molar-refractivity contribution is 9.10. The second-order valence-corrected chi connectivity index (χ2v) is 5.52. The van der Waals surface area contributed by atoms with Gasteiger partial charge in [-0.3, -0.25) is 4.79 Å². The van der Waals surface area contributed by atoms with Gasteiger partial charge in [0.25, 0.3) is 5.91 Å². The zero-order valence-electron chi connectivity index (χ0n) is 11.1. The maximum absolute atomic E-state index is 12.2. The molecule has 2 heterocycles. The van der Waals surface area contributed by atoms with Crippen LogP contribution in [0.25, 0.3) is 0 Å². The molecule has 4 nitrogen and oxygen atoms in total. The molecule has 0 aromatic carbocycles. The summed E-state index contributed by atoms with van der Waals surface area (Å²) in [6, 6.07) is 5.76. The van der Waals surface area contributed by atoms with Gasteiger partial charge in [0.1, 0.15) is 11.5 Å². The van der Waals surface area contributed by atoms with Crippen LogP contribution in [0.15, 0.2) is 35.1 Å². The smallest absolute Gasteiger partial charge is 0.273 e. The topological polar surface area (TPSA) is 46.9 Å². The van der Waals surface area contributed by atoms with Crippen molar-refractivity contribution in [2.45, 2.75) is 26.8 Å². The van der Waals surface area contributed by atoms with Gasteiger partial charge in [0.05, 0.1) is 0 Å². The van der Waals surface area contributed by atoms with Crippen LogP contribution < -0.4 is 5.32 Å². The number of hydrogen-bond donors (Lipinski definition) is 1. The van der Waals surface area contributed by atoms with Crippen molar-refractivity contribution in [3.8, 4) is 0 Å². The third-order valence-electron chi connectivity index (χ3n) is 2.86. The van der Waals surface area contributed by atoms with E-state index in [1.54, 1.807) is 12.3 Å². The Hall–Kier alpha value is -1.62. The Kier molecular flexibility index (Phi) is 4.04. The molecule has 1 amide bonds. The van der Waals surface area contributed by atoms with Crippen LogP contribution in [0.2, 0.25) is 0 Å². The molecule has 0 radical (unpaired) electrons. The van der Waals surface area contributed by atoms with Gasteiger partial charge in [0.15, 0.2) is 0 Å². The minimum Gasteiger partial charge on any atom is -0.341 e. The summed E-state index contributed by atoms with van der Waals surface area (Å²) in [5.41, 5.74) is 1.67. The molecule has 2 rings (SSSR count). The summed E-state index contributed by atoms with van der Waals surface area (Å²) in [7, 11) is 0. The molecule has 0 unspecified atom stereocenters. The molecular formula is C14H16BrN3O. The quantitative estimate of drug-likeness (QED) is 0.934. The Morgan fingerprint density at radius 1 is 1.47 bits per heavy atom. The van der Waals surface area contributed by atoms with Gasteiger partial charge in [-0.05, 0) is 60.5 Å². The molecule has 0 saturated heterocycles. The van der Waals surface area contributed by atoms with Crippen molar-refractivity contribution < 1.29 is 4.79 Å². The normalized spacial score (nSPS) is 10.8. The largest absolute Gasteiger partial charge is 0.341 e. The van der Waals surface area contributed by atoms with Crippen LogP contribution >= 0.6 is 15.9 Å². The first-order valence-electron chi connectivity index (χ1n) is 6.09. The Morgan fingerprint density at radius 3 is 2.84 bits per heavy atom. The first-order chi connectivity index (χ1) is 8.99. The number of hydrogen-bond acceptors (Lipinski definition) is 2. The van der Waals surface area contributed by atoms with E-state index in [0.29, 0.717) is 11.5 Å². The summed E-state index contributed by atoms with van der Waals surface area (Å²) >= 11 is 3.39. The fourth-order valence-electron chi connectivity index (χ4n) is 1.82. The van der Waals surface area contributed by atoms with Crippen LogP contribution in [-0.2, 0) is 0 Å². The van der Waals surface area contributed by atoms with Crippen LogP contribution in [-0.4, -0.2) is 15.5 Å². The fourth-order valence-corrected chi connectivity index (χ4v) is 2.04. The molecule has 5 heteroatoms.